The SMILES string of the molecule is CCOC(=O)N1C(=O)[C@H](C(O)c2ccc(OC)cc2)C[C@H]1C(=O)OC. The number of carbonyl (C=O) groups excluding carboxylic acids is 3. The van der Waals surface area contributed by atoms with E-state index >= 15 is 0 Å². The van der Waals surface area contributed by atoms with Crippen LogP contribution in [0, 0.1) is 5.92 Å². The van der Waals surface area contributed by atoms with E-state index in [1.807, 2.05) is 0 Å². The van der Waals surface area contributed by atoms with Gasteiger partial charge in [0.05, 0.1) is 32.8 Å². The summed E-state index contributed by atoms with van der Waals surface area (Å²) >= 11 is 0. The minimum absolute atomic E-state index is 0.0441. The van der Waals surface area contributed by atoms with Crippen molar-refractivity contribution in [1.82, 2.24) is 4.90 Å². The highest BCUT2D eigenvalue weighted by molar-refractivity contribution is 6.00. The zero-order valence-electron chi connectivity index (χ0n) is 14.3. The summed E-state index contributed by atoms with van der Waals surface area (Å²) in [6.45, 7) is 1.65. The molecule has 1 unspecified atom stereocenters. The molecule has 3 atom stereocenters. The summed E-state index contributed by atoms with van der Waals surface area (Å²) in [5.41, 5.74) is 0.480. The molecule has 0 aromatic heterocycles. The number of likely N-dealkylation sites (tertiary alicyclic amines) is 1. The molecule has 1 fully saturated rings. The second kappa shape index (κ2) is 7.98. The summed E-state index contributed by atoms with van der Waals surface area (Å²) in [4.78, 5) is 37.3. The van der Waals surface area contributed by atoms with Gasteiger partial charge < -0.3 is 19.3 Å². The van der Waals surface area contributed by atoms with Crippen molar-refractivity contribution < 1.29 is 33.7 Å². The van der Waals surface area contributed by atoms with Crippen LogP contribution >= 0.6 is 0 Å². The van der Waals surface area contributed by atoms with Gasteiger partial charge >= 0.3 is 12.1 Å². The lowest BCUT2D eigenvalue weighted by molar-refractivity contribution is -0.148. The molecule has 0 aliphatic carbocycles. The summed E-state index contributed by atoms with van der Waals surface area (Å²) in [7, 11) is 2.69. The van der Waals surface area contributed by atoms with Crippen LogP contribution < -0.4 is 4.74 Å². The van der Waals surface area contributed by atoms with Gasteiger partial charge in [0, 0.05) is 0 Å². The van der Waals surface area contributed by atoms with Crippen LogP contribution in [0.15, 0.2) is 24.3 Å². The average molecular weight is 351 g/mol. The third kappa shape index (κ3) is 3.74. The fraction of sp³-hybridized carbons (Fsp3) is 0.471. The van der Waals surface area contributed by atoms with Crippen molar-refractivity contribution in [3.8, 4) is 5.75 Å². The number of hydrogen-bond acceptors (Lipinski definition) is 7. The number of aliphatic hydroxyl groups excluding tert-OH is 1. The highest BCUT2D eigenvalue weighted by atomic mass is 16.6. The molecule has 8 heteroatoms. The van der Waals surface area contributed by atoms with E-state index < -0.39 is 36.0 Å². The van der Waals surface area contributed by atoms with E-state index in [0.29, 0.717) is 11.3 Å². The lowest BCUT2D eigenvalue weighted by Gasteiger charge is -2.20. The van der Waals surface area contributed by atoms with Gasteiger partial charge in [-0.15, -0.1) is 0 Å². The largest absolute Gasteiger partial charge is 0.497 e. The molecule has 8 nitrogen and oxygen atoms in total. The number of carbonyl (C=O) groups is 3. The molecule has 2 amide bonds. The third-order valence-corrected chi connectivity index (χ3v) is 4.12. The maximum absolute atomic E-state index is 12.6. The van der Waals surface area contributed by atoms with Crippen LogP contribution in [0.3, 0.4) is 0 Å². The molecule has 0 radical (unpaired) electrons. The predicted octanol–water partition coefficient (Wildman–Crippen LogP) is 1.28. The summed E-state index contributed by atoms with van der Waals surface area (Å²) < 4.78 is 14.6. The molecule has 1 aromatic rings. The molecule has 1 N–H and O–H groups in total. The quantitative estimate of drug-likeness (QED) is 0.797. The van der Waals surface area contributed by atoms with Crippen molar-refractivity contribution >= 4 is 18.0 Å². The Morgan fingerprint density at radius 1 is 1.28 bits per heavy atom. The minimum atomic E-state index is -1.18. The number of nitrogens with zero attached hydrogens (tertiary/aromatic N) is 1. The molecule has 2 rings (SSSR count). The number of ether oxygens (including phenoxy) is 3. The average Bonchev–Trinajstić information content (AvgIpc) is 2.98. The Morgan fingerprint density at radius 2 is 1.92 bits per heavy atom. The fourth-order valence-corrected chi connectivity index (χ4v) is 2.82. The van der Waals surface area contributed by atoms with Crippen LogP contribution in [0.5, 0.6) is 5.75 Å². The van der Waals surface area contributed by atoms with Crippen LogP contribution in [-0.2, 0) is 19.1 Å². The maximum Gasteiger partial charge on any atom is 0.417 e. The van der Waals surface area contributed by atoms with Gasteiger partial charge in [-0.05, 0) is 31.0 Å². The Hall–Kier alpha value is -2.61. The van der Waals surface area contributed by atoms with Crippen LogP contribution in [0.4, 0.5) is 4.79 Å². The van der Waals surface area contributed by atoms with Gasteiger partial charge in [0.2, 0.25) is 5.91 Å². The lowest BCUT2D eigenvalue weighted by atomic mass is 9.93. The van der Waals surface area contributed by atoms with Gasteiger partial charge in [0.25, 0.3) is 0 Å². The summed E-state index contributed by atoms with van der Waals surface area (Å²) in [5, 5.41) is 10.6. The number of amides is 2. The lowest BCUT2D eigenvalue weighted by Crippen LogP contribution is -2.44. The molecule has 1 aliphatic heterocycles. The molecule has 0 saturated carbocycles. The van der Waals surface area contributed by atoms with E-state index in [-0.39, 0.29) is 13.0 Å². The summed E-state index contributed by atoms with van der Waals surface area (Å²) in [5.74, 6) is -1.75. The molecule has 0 bridgehead atoms. The van der Waals surface area contributed by atoms with Gasteiger partial charge in [0.1, 0.15) is 11.8 Å². The van der Waals surface area contributed by atoms with E-state index in [1.54, 1.807) is 31.2 Å². The first-order valence-electron chi connectivity index (χ1n) is 7.84. The van der Waals surface area contributed by atoms with E-state index in [1.165, 1.54) is 14.2 Å². The topological polar surface area (TPSA) is 102 Å². The van der Waals surface area contributed by atoms with Gasteiger partial charge in [0.15, 0.2) is 0 Å². The van der Waals surface area contributed by atoms with Crippen LogP contribution in [0.25, 0.3) is 0 Å². The first-order valence-corrected chi connectivity index (χ1v) is 7.84. The van der Waals surface area contributed by atoms with E-state index in [0.717, 1.165) is 4.90 Å². The standard InChI is InChI=1S/C17H21NO7/c1-4-25-17(22)18-13(16(21)24-3)9-12(15(18)20)14(19)10-5-7-11(23-2)8-6-10/h5-8,12-14,19H,4,9H2,1-3H3/t12-,13-,14?/m0/s1. The number of esters is 1. The van der Waals surface area contributed by atoms with Crippen LogP contribution in [0.2, 0.25) is 0 Å². The van der Waals surface area contributed by atoms with Crippen LogP contribution in [0.1, 0.15) is 25.0 Å². The van der Waals surface area contributed by atoms with E-state index in [4.69, 9.17) is 9.47 Å². The zero-order valence-corrected chi connectivity index (χ0v) is 14.3. The minimum Gasteiger partial charge on any atom is -0.497 e. The Balaban J connectivity index is 2.26. The smallest absolute Gasteiger partial charge is 0.417 e. The molecule has 136 valence electrons. The Labute approximate surface area is 145 Å². The summed E-state index contributed by atoms with van der Waals surface area (Å²) in [6.07, 6.45) is -2.14. The second-order valence-corrected chi connectivity index (χ2v) is 5.51. The molecule has 1 aliphatic rings. The highest BCUT2D eigenvalue weighted by Crippen LogP contribution is 2.36. The number of methoxy groups -OCH3 is 2. The normalized spacial score (nSPS) is 21.0. The van der Waals surface area contributed by atoms with Crippen LogP contribution in [-0.4, -0.2) is 54.8 Å². The summed E-state index contributed by atoms with van der Waals surface area (Å²) in [6, 6.07) is 5.43. The number of benzene rings is 1. The molecule has 1 aromatic carbocycles. The Bertz CT molecular complexity index is 643. The number of hydrogen-bond donors (Lipinski definition) is 1. The first-order chi connectivity index (χ1) is 11.9. The number of imide groups is 1. The van der Waals surface area contributed by atoms with E-state index in [2.05, 4.69) is 4.74 Å². The first kappa shape index (κ1) is 18.7. The number of rotatable bonds is 5. The predicted molar refractivity (Wildman–Crippen MR) is 85.7 cm³/mol. The molecular formula is C17H21NO7. The van der Waals surface area contributed by atoms with Crippen molar-refractivity contribution in [2.45, 2.75) is 25.5 Å². The highest BCUT2D eigenvalue weighted by Gasteiger charge is 2.50. The molecule has 1 saturated heterocycles. The number of aliphatic hydroxyl groups is 1. The van der Waals surface area contributed by atoms with Crippen molar-refractivity contribution in [3.63, 3.8) is 0 Å². The monoisotopic (exact) mass is 351 g/mol. The van der Waals surface area contributed by atoms with E-state index in [9.17, 15) is 19.5 Å². The van der Waals surface area contributed by atoms with Crippen molar-refractivity contribution in [2.75, 3.05) is 20.8 Å². The zero-order chi connectivity index (χ0) is 18.6. The van der Waals surface area contributed by atoms with Gasteiger partial charge in [-0.1, -0.05) is 12.1 Å². The molecular weight excluding hydrogens is 330 g/mol. The Kier molecular flexibility index (Phi) is 5.97. The van der Waals surface area contributed by atoms with Gasteiger partial charge in [-0.2, -0.15) is 0 Å². The Morgan fingerprint density at radius 3 is 2.44 bits per heavy atom. The van der Waals surface area contributed by atoms with Gasteiger partial charge in [-0.3, -0.25) is 4.79 Å². The maximum atomic E-state index is 12.6. The second-order valence-electron chi connectivity index (χ2n) is 5.51. The third-order valence-electron chi connectivity index (χ3n) is 4.12. The van der Waals surface area contributed by atoms with Crippen molar-refractivity contribution in [3.05, 3.63) is 29.8 Å². The van der Waals surface area contributed by atoms with Crippen molar-refractivity contribution in [1.29, 1.82) is 0 Å². The molecule has 1 heterocycles. The van der Waals surface area contributed by atoms with Crippen molar-refractivity contribution in [2.24, 2.45) is 5.92 Å². The molecule has 25 heavy (non-hydrogen) atoms. The fourth-order valence-electron chi connectivity index (χ4n) is 2.82. The molecule has 0 spiro atoms. The van der Waals surface area contributed by atoms with Gasteiger partial charge in [-0.25, -0.2) is 14.5 Å².